The number of nitrogens with one attached hydrogen (secondary N) is 1. The molecule has 1 aliphatic heterocycles. The molecule has 4 aromatic rings. The summed E-state index contributed by atoms with van der Waals surface area (Å²) in [5.41, 5.74) is 6.82. The molecule has 37 heavy (non-hydrogen) atoms. The van der Waals surface area contributed by atoms with Crippen molar-refractivity contribution in [1.29, 1.82) is 0 Å². The lowest BCUT2D eigenvalue weighted by Crippen LogP contribution is -2.41. The van der Waals surface area contributed by atoms with Crippen LogP contribution in [0.1, 0.15) is 24.8 Å². The van der Waals surface area contributed by atoms with E-state index < -0.39 is 12.1 Å². The molecule has 6 nitrogen and oxygen atoms in total. The molecule has 9 heteroatoms. The molecular weight excluding hydrogens is 483 g/mol. The van der Waals surface area contributed by atoms with E-state index in [1.54, 1.807) is 0 Å². The van der Waals surface area contributed by atoms with Crippen molar-refractivity contribution in [2.45, 2.75) is 38.0 Å². The number of aliphatic hydroxyl groups is 1. The summed E-state index contributed by atoms with van der Waals surface area (Å²) in [4.78, 5) is 19.5. The van der Waals surface area contributed by atoms with E-state index in [-0.39, 0.29) is 6.61 Å². The molecule has 3 N–H and O–H groups in total. The summed E-state index contributed by atoms with van der Waals surface area (Å²) in [6, 6.07) is 25.7. The fraction of sp³-hybridized carbons (Fsp3) is 0.286. The number of fused-ring (bicyclic) bond motifs is 1. The van der Waals surface area contributed by atoms with E-state index in [2.05, 4.69) is 64.5 Å². The van der Waals surface area contributed by atoms with Gasteiger partial charge < -0.3 is 15.2 Å². The number of likely N-dealkylation sites (tertiary alicyclic amines) is 1. The van der Waals surface area contributed by atoms with Crippen molar-refractivity contribution < 1.29 is 28.2 Å². The van der Waals surface area contributed by atoms with Crippen LogP contribution in [0.5, 0.6) is 0 Å². The van der Waals surface area contributed by atoms with Gasteiger partial charge in [-0.3, -0.25) is 4.90 Å². The van der Waals surface area contributed by atoms with Crippen molar-refractivity contribution in [2.24, 2.45) is 0 Å². The molecular formula is C28H28F3N3O3. The van der Waals surface area contributed by atoms with Gasteiger partial charge in [0.05, 0.1) is 17.6 Å². The average molecular weight is 512 g/mol. The van der Waals surface area contributed by atoms with Crippen LogP contribution in [-0.2, 0) is 11.3 Å². The van der Waals surface area contributed by atoms with Crippen LogP contribution in [-0.4, -0.2) is 56.4 Å². The van der Waals surface area contributed by atoms with Gasteiger partial charge in [0.2, 0.25) is 0 Å². The van der Waals surface area contributed by atoms with Gasteiger partial charge in [0.15, 0.2) is 0 Å². The standard InChI is InChI=1S/C26H27N3O.C2HF3O2/c30-18-23-11-3-4-14-29(23)17-19-7-5-8-20(15-19)21-9-6-10-22(16-21)26-27-24-12-1-2-13-25(24)28-26;3-2(4,5)1(6)7/h1-2,5-10,12-13,15-16,23,30H,3-4,11,14,17-18H2,(H,27,28);(H,6,7). The van der Waals surface area contributed by atoms with E-state index in [0.717, 1.165) is 41.9 Å². The molecule has 1 unspecified atom stereocenters. The van der Waals surface area contributed by atoms with E-state index >= 15 is 0 Å². The van der Waals surface area contributed by atoms with E-state index in [1.807, 2.05) is 18.2 Å². The number of rotatable bonds is 5. The third-order valence-electron chi connectivity index (χ3n) is 6.37. The normalized spacial score (nSPS) is 16.3. The molecule has 0 aliphatic carbocycles. The number of H-pyrrole nitrogens is 1. The number of aromatic nitrogens is 2. The highest BCUT2D eigenvalue weighted by Gasteiger charge is 2.38. The maximum Gasteiger partial charge on any atom is 0.490 e. The van der Waals surface area contributed by atoms with Crippen LogP contribution in [0.15, 0.2) is 72.8 Å². The zero-order valence-corrected chi connectivity index (χ0v) is 20.1. The molecule has 0 spiro atoms. The number of hydrogen-bond acceptors (Lipinski definition) is 4. The second-order valence-electron chi connectivity index (χ2n) is 8.99. The monoisotopic (exact) mass is 511 g/mol. The number of para-hydroxylation sites is 2. The van der Waals surface area contributed by atoms with Gasteiger partial charge in [-0.2, -0.15) is 13.2 Å². The van der Waals surface area contributed by atoms with Crippen molar-refractivity contribution in [3.05, 3.63) is 78.4 Å². The molecule has 0 amide bonds. The SMILES string of the molecule is O=C(O)C(F)(F)F.OCC1CCCCN1Cc1cccc(-c2cccc(-c3nc4ccccc4[nH]3)c2)c1. The summed E-state index contributed by atoms with van der Waals surface area (Å²) in [7, 11) is 0. The lowest BCUT2D eigenvalue weighted by Gasteiger charge is -2.34. The largest absolute Gasteiger partial charge is 0.490 e. The van der Waals surface area contributed by atoms with Gasteiger partial charge in [-0.1, -0.05) is 55.0 Å². The summed E-state index contributed by atoms with van der Waals surface area (Å²) in [6.07, 6.45) is -1.55. The van der Waals surface area contributed by atoms with Crippen molar-refractivity contribution in [2.75, 3.05) is 13.2 Å². The zero-order chi connectivity index (χ0) is 26.4. The van der Waals surface area contributed by atoms with Gasteiger partial charge in [0, 0.05) is 18.2 Å². The Bertz CT molecular complexity index is 1320. The molecule has 5 rings (SSSR count). The topological polar surface area (TPSA) is 89.4 Å². The number of halogens is 3. The predicted molar refractivity (Wildman–Crippen MR) is 136 cm³/mol. The van der Waals surface area contributed by atoms with Gasteiger partial charge in [0.1, 0.15) is 5.82 Å². The molecule has 1 aliphatic rings. The third kappa shape index (κ3) is 6.75. The third-order valence-corrected chi connectivity index (χ3v) is 6.37. The van der Waals surface area contributed by atoms with Crippen LogP contribution in [0.4, 0.5) is 13.2 Å². The highest BCUT2D eigenvalue weighted by molar-refractivity contribution is 5.80. The number of carboxylic acid groups (broad SMARTS) is 1. The van der Waals surface area contributed by atoms with E-state index in [0.29, 0.717) is 6.04 Å². The Morgan fingerprint density at radius 3 is 2.35 bits per heavy atom. The molecule has 1 atom stereocenters. The quantitative estimate of drug-likeness (QED) is 0.312. The lowest BCUT2D eigenvalue weighted by molar-refractivity contribution is -0.192. The molecule has 2 heterocycles. The number of nitrogens with zero attached hydrogens (tertiary/aromatic N) is 2. The van der Waals surface area contributed by atoms with Crippen molar-refractivity contribution in [1.82, 2.24) is 14.9 Å². The summed E-state index contributed by atoms with van der Waals surface area (Å²) in [6.45, 7) is 2.21. The molecule has 0 bridgehead atoms. The van der Waals surface area contributed by atoms with Gasteiger partial charge in [-0.25, -0.2) is 9.78 Å². The van der Waals surface area contributed by atoms with Crippen LogP contribution >= 0.6 is 0 Å². The highest BCUT2D eigenvalue weighted by atomic mass is 19.4. The Morgan fingerprint density at radius 2 is 1.65 bits per heavy atom. The lowest BCUT2D eigenvalue weighted by atomic mass is 9.99. The van der Waals surface area contributed by atoms with E-state index in [1.165, 1.54) is 29.5 Å². The van der Waals surface area contributed by atoms with Gasteiger partial charge >= 0.3 is 12.1 Å². The van der Waals surface area contributed by atoms with Gasteiger partial charge in [0.25, 0.3) is 0 Å². The molecule has 1 aromatic heterocycles. The molecule has 1 saturated heterocycles. The number of piperidine rings is 1. The molecule has 0 saturated carbocycles. The van der Waals surface area contributed by atoms with Gasteiger partial charge in [-0.05, 0) is 60.3 Å². The van der Waals surface area contributed by atoms with E-state index in [4.69, 9.17) is 14.9 Å². The highest BCUT2D eigenvalue weighted by Crippen LogP contribution is 2.28. The van der Waals surface area contributed by atoms with Crippen LogP contribution < -0.4 is 0 Å². The first kappa shape index (κ1) is 26.4. The minimum atomic E-state index is -5.08. The van der Waals surface area contributed by atoms with E-state index in [9.17, 15) is 18.3 Å². The predicted octanol–water partition coefficient (Wildman–Crippen LogP) is 5.88. The zero-order valence-electron chi connectivity index (χ0n) is 20.1. The number of alkyl halides is 3. The minimum Gasteiger partial charge on any atom is -0.475 e. The molecule has 3 aromatic carbocycles. The fourth-order valence-electron chi connectivity index (χ4n) is 4.49. The fourth-order valence-corrected chi connectivity index (χ4v) is 4.49. The summed E-state index contributed by atoms with van der Waals surface area (Å²) < 4.78 is 31.7. The second-order valence-corrected chi connectivity index (χ2v) is 8.99. The number of aromatic amines is 1. The Morgan fingerprint density at radius 1 is 0.973 bits per heavy atom. The number of aliphatic hydroxyl groups excluding tert-OH is 1. The minimum absolute atomic E-state index is 0.249. The van der Waals surface area contributed by atoms with Crippen molar-refractivity contribution in [3.8, 4) is 22.5 Å². The Hall–Kier alpha value is -3.69. The number of imidazole rings is 1. The number of benzene rings is 3. The Kier molecular flexibility index (Phi) is 8.25. The van der Waals surface area contributed by atoms with Crippen molar-refractivity contribution >= 4 is 17.0 Å². The van der Waals surface area contributed by atoms with Crippen LogP contribution in [0.25, 0.3) is 33.5 Å². The first-order valence-electron chi connectivity index (χ1n) is 12.0. The maximum absolute atomic E-state index is 10.6. The number of hydrogen-bond donors (Lipinski definition) is 3. The number of aliphatic carboxylic acids is 1. The Labute approximate surface area is 212 Å². The average Bonchev–Trinajstić information content (AvgIpc) is 3.34. The second kappa shape index (κ2) is 11.6. The van der Waals surface area contributed by atoms with Crippen LogP contribution in [0.3, 0.4) is 0 Å². The summed E-state index contributed by atoms with van der Waals surface area (Å²) >= 11 is 0. The number of carboxylic acids is 1. The summed E-state index contributed by atoms with van der Waals surface area (Å²) in [5.74, 6) is -1.86. The van der Waals surface area contributed by atoms with Crippen molar-refractivity contribution in [3.63, 3.8) is 0 Å². The summed E-state index contributed by atoms with van der Waals surface area (Å²) in [5, 5.41) is 16.8. The van der Waals surface area contributed by atoms with Crippen LogP contribution in [0, 0.1) is 0 Å². The maximum atomic E-state index is 10.6. The first-order valence-corrected chi connectivity index (χ1v) is 12.0. The molecule has 0 radical (unpaired) electrons. The first-order chi connectivity index (χ1) is 17.7. The van der Waals surface area contributed by atoms with Crippen LogP contribution in [0.2, 0.25) is 0 Å². The number of carbonyl (C=O) groups is 1. The molecule has 1 fully saturated rings. The van der Waals surface area contributed by atoms with Gasteiger partial charge in [-0.15, -0.1) is 0 Å². The Balaban J connectivity index is 0.000000405. The molecule has 194 valence electrons. The smallest absolute Gasteiger partial charge is 0.475 e.